The molecular formula is C12H13N5O3. The number of primary amides is 1. The lowest BCUT2D eigenvalue weighted by atomic mass is 10.1. The zero-order chi connectivity index (χ0) is 14.5. The third-order valence-corrected chi connectivity index (χ3v) is 2.55. The van der Waals surface area contributed by atoms with Crippen molar-refractivity contribution in [3.63, 3.8) is 0 Å². The van der Waals surface area contributed by atoms with Crippen molar-refractivity contribution in [3.05, 3.63) is 24.3 Å². The van der Waals surface area contributed by atoms with E-state index in [-0.39, 0.29) is 24.5 Å². The number of benzene rings is 1. The summed E-state index contributed by atoms with van der Waals surface area (Å²) >= 11 is 0. The zero-order valence-electron chi connectivity index (χ0n) is 10.5. The number of hydrogen-bond acceptors (Lipinski definition) is 4. The van der Waals surface area contributed by atoms with Gasteiger partial charge in [0.15, 0.2) is 0 Å². The second-order valence-corrected chi connectivity index (χ2v) is 4.12. The molecule has 0 saturated carbocycles. The van der Waals surface area contributed by atoms with E-state index in [4.69, 9.17) is 5.73 Å². The SMILES string of the molecule is NC(=O)Nc1cccc(NC(=O)C2=NNC(=O)CC2)c1. The van der Waals surface area contributed by atoms with E-state index < -0.39 is 11.9 Å². The third kappa shape index (κ3) is 3.55. The Kier molecular flexibility index (Phi) is 3.94. The predicted octanol–water partition coefficient (Wildman–Crippen LogP) is 0.382. The number of rotatable bonds is 3. The van der Waals surface area contributed by atoms with Gasteiger partial charge >= 0.3 is 6.03 Å². The summed E-state index contributed by atoms with van der Waals surface area (Å²) in [4.78, 5) is 33.6. The van der Waals surface area contributed by atoms with Crippen molar-refractivity contribution >= 4 is 34.9 Å². The number of anilines is 2. The monoisotopic (exact) mass is 275 g/mol. The van der Waals surface area contributed by atoms with Gasteiger partial charge in [-0.2, -0.15) is 5.10 Å². The minimum atomic E-state index is -0.687. The van der Waals surface area contributed by atoms with E-state index in [1.807, 2.05) is 0 Å². The van der Waals surface area contributed by atoms with Gasteiger partial charge in [-0.1, -0.05) is 6.07 Å². The van der Waals surface area contributed by atoms with E-state index in [9.17, 15) is 14.4 Å². The van der Waals surface area contributed by atoms with Gasteiger partial charge in [-0.25, -0.2) is 10.2 Å². The zero-order valence-corrected chi connectivity index (χ0v) is 10.5. The molecule has 20 heavy (non-hydrogen) atoms. The number of carbonyl (C=O) groups excluding carboxylic acids is 3. The van der Waals surface area contributed by atoms with E-state index in [0.717, 1.165) is 0 Å². The maximum absolute atomic E-state index is 11.9. The van der Waals surface area contributed by atoms with Gasteiger partial charge in [-0.05, 0) is 18.2 Å². The summed E-state index contributed by atoms with van der Waals surface area (Å²) in [6.45, 7) is 0. The summed E-state index contributed by atoms with van der Waals surface area (Å²) in [5.74, 6) is -0.615. The summed E-state index contributed by atoms with van der Waals surface area (Å²) in [5.41, 5.74) is 8.46. The first-order valence-electron chi connectivity index (χ1n) is 5.88. The number of hydrogen-bond donors (Lipinski definition) is 4. The molecule has 1 aromatic rings. The van der Waals surface area contributed by atoms with Crippen molar-refractivity contribution in [3.8, 4) is 0 Å². The van der Waals surface area contributed by atoms with E-state index in [1.54, 1.807) is 24.3 Å². The summed E-state index contributed by atoms with van der Waals surface area (Å²) in [6, 6.07) is 5.83. The van der Waals surface area contributed by atoms with Crippen LogP contribution < -0.4 is 21.8 Å². The van der Waals surface area contributed by atoms with Crippen LogP contribution in [0.2, 0.25) is 0 Å². The van der Waals surface area contributed by atoms with Crippen LogP contribution in [0.1, 0.15) is 12.8 Å². The molecule has 0 atom stereocenters. The van der Waals surface area contributed by atoms with Crippen molar-refractivity contribution < 1.29 is 14.4 Å². The van der Waals surface area contributed by atoms with Crippen molar-refractivity contribution in [2.75, 3.05) is 10.6 Å². The largest absolute Gasteiger partial charge is 0.351 e. The molecule has 1 aliphatic rings. The number of carbonyl (C=O) groups is 3. The normalized spacial score (nSPS) is 14.0. The molecule has 2 rings (SSSR count). The summed E-state index contributed by atoms with van der Waals surface area (Å²) < 4.78 is 0. The Labute approximate surface area is 114 Å². The summed E-state index contributed by atoms with van der Waals surface area (Å²) in [6.07, 6.45) is 0.520. The maximum Gasteiger partial charge on any atom is 0.316 e. The van der Waals surface area contributed by atoms with Gasteiger partial charge in [0, 0.05) is 24.2 Å². The van der Waals surface area contributed by atoms with Gasteiger partial charge in [-0.3, -0.25) is 9.59 Å². The Morgan fingerprint density at radius 1 is 1.20 bits per heavy atom. The second-order valence-electron chi connectivity index (χ2n) is 4.12. The molecule has 1 heterocycles. The molecule has 0 aliphatic carbocycles. The Balaban J connectivity index is 2.04. The lowest BCUT2D eigenvalue weighted by Gasteiger charge is -2.12. The van der Waals surface area contributed by atoms with Crippen LogP contribution in [-0.2, 0) is 9.59 Å². The average molecular weight is 275 g/mol. The van der Waals surface area contributed by atoms with Gasteiger partial charge in [0.05, 0.1) is 0 Å². The van der Waals surface area contributed by atoms with E-state index in [2.05, 4.69) is 21.2 Å². The quantitative estimate of drug-likeness (QED) is 0.637. The van der Waals surface area contributed by atoms with Crippen molar-refractivity contribution in [1.82, 2.24) is 5.43 Å². The van der Waals surface area contributed by atoms with Crippen LogP contribution in [0, 0.1) is 0 Å². The Morgan fingerprint density at radius 2 is 1.90 bits per heavy atom. The molecule has 0 fully saturated rings. The highest BCUT2D eigenvalue weighted by atomic mass is 16.2. The topological polar surface area (TPSA) is 126 Å². The molecule has 0 bridgehead atoms. The van der Waals surface area contributed by atoms with Crippen molar-refractivity contribution in [2.45, 2.75) is 12.8 Å². The number of hydrazone groups is 1. The third-order valence-electron chi connectivity index (χ3n) is 2.55. The van der Waals surface area contributed by atoms with Crippen molar-refractivity contribution in [2.24, 2.45) is 10.8 Å². The fourth-order valence-electron chi connectivity index (χ4n) is 1.66. The van der Waals surface area contributed by atoms with Crippen LogP contribution in [0.4, 0.5) is 16.2 Å². The molecular weight excluding hydrogens is 262 g/mol. The van der Waals surface area contributed by atoms with Gasteiger partial charge in [0.1, 0.15) is 5.71 Å². The van der Waals surface area contributed by atoms with Crippen LogP contribution in [0.5, 0.6) is 0 Å². The molecule has 4 amide bonds. The first-order chi connectivity index (χ1) is 9.54. The van der Waals surface area contributed by atoms with Crippen LogP contribution in [-0.4, -0.2) is 23.6 Å². The standard InChI is InChI=1S/C12H13N5O3/c13-12(20)15-8-3-1-2-7(6-8)14-11(19)9-4-5-10(18)17-16-9/h1-3,6H,4-5H2,(H,14,19)(H,17,18)(H3,13,15,20). The first kappa shape index (κ1) is 13.5. The molecule has 0 spiro atoms. The number of nitrogens with two attached hydrogens (primary N) is 1. The highest BCUT2D eigenvalue weighted by Gasteiger charge is 2.18. The Hall–Kier alpha value is -2.90. The molecule has 0 aromatic heterocycles. The lowest BCUT2D eigenvalue weighted by molar-refractivity contribution is -0.121. The van der Waals surface area contributed by atoms with Crippen LogP contribution in [0.25, 0.3) is 0 Å². The van der Waals surface area contributed by atoms with Gasteiger partial charge in [0.25, 0.3) is 5.91 Å². The molecule has 0 radical (unpaired) electrons. The molecule has 8 heteroatoms. The highest BCUT2D eigenvalue weighted by molar-refractivity contribution is 6.43. The number of nitrogens with one attached hydrogen (secondary N) is 3. The molecule has 104 valence electrons. The highest BCUT2D eigenvalue weighted by Crippen LogP contribution is 2.15. The fourth-order valence-corrected chi connectivity index (χ4v) is 1.66. The van der Waals surface area contributed by atoms with E-state index in [0.29, 0.717) is 11.4 Å². The minimum absolute atomic E-state index is 0.214. The van der Waals surface area contributed by atoms with Crippen molar-refractivity contribution in [1.29, 1.82) is 0 Å². The fraction of sp³-hybridized carbons (Fsp3) is 0.167. The number of amides is 4. The van der Waals surface area contributed by atoms with E-state index in [1.165, 1.54) is 0 Å². The molecule has 5 N–H and O–H groups in total. The summed E-state index contributed by atoms with van der Waals surface area (Å²) in [5, 5.41) is 8.72. The Morgan fingerprint density at radius 3 is 2.50 bits per heavy atom. The Bertz CT molecular complexity index is 597. The van der Waals surface area contributed by atoms with Crippen LogP contribution >= 0.6 is 0 Å². The van der Waals surface area contributed by atoms with Gasteiger partial charge < -0.3 is 16.4 Å². The second kappa shape index (κ2) is 5.83. The molecule has 8 nitrogen and oxygen atoms in total. The average Bonchev–Trinajstić information content (AvgIpc) is 2.39. The first-order valence-corrected chi connectivity index (χ1v) is 5.88. The molecule has 0 unspecified atom stereocenters. The molecule has 0 saturated heterocycles. The van der Waals surface area contributed by atoms with Gasteiger partial charge in [-0.15, -0.1) is 0 Å². The van der Waals surface area contributed by atoms with Crippen LogP contribution in [0.15, 0.2) is 29.4 Å². The van der Waals surface area contributed by atoms with Gasteiger partial charge in [0.2, 0.25) is 5.91 Å². The molecule has 1 aliphatic heterocycles. The smallest absolute Gasteiger partial charge is 0.316 e. The van der Waals surface area contributed by atoms with Crippen LogP contribution in [0.3, 0.4) is 0 Å². The maximum atomic E-state index is 11.9. The molecule has 1 aromatic carbocycles. The lowest BCUT2D eigenvalue weighted by Crippen LogP contribution is -2.32. The number of nitrogens with zero attached hydrogens (tertiary/aromatic N) is 1. The minimum Gasteiger partial charge on any atom is -0.351 e. The summed E-state index contributed by atoms with van der Waals surface area (Å²) in [7, 11) is 0. The predicted molar refractivity (Wildman–Crippen MR) is 73.1 cm³/mol. The number of urea groups is 1. The van der Waals surface area contributed by atoms with E-state index >= 15 is 0 Å².